The summed E-state index contributed by atoms with van der Waals surface area (Å²) in [4.78, 5) is 14.1. The van der Waals surface area contributed by atoms with Crippen LogP contribution < -0.4 is 0 Å². The Balaban J connectivity index is 2.31. The van der Waals surface area contributed by atoms with Crippen LogP contribution in [0.25, 0.3) is 0 Å². The van der Waals surface area contributed by atoms with Gasteiger partial charge in [-0.05, 0) is 50.2 Å². The van der Waals surface area contributed by atoms with E-state index in [0.717, 1.165) is 32.5 Å². The van der Waals surface area contributed by atoms with Crippen LogP contribution in [0.4, 0.5) is 4.39 Å². The van der Waals surface area contributed by atoms with Crippen LogP contribution in [0.2, 0.25) is 0 Å². The maximum Gasteiger partial charge on any atom is 0.162 e. The molecular formula is C15H22FNO2. The largest absolute Gasteiger partial charge is 0.396 e. The van der Waals surface area contributed by atoms with E-state index in [-0.39, 0.29) is 18.2 Å². The molecule has 0 heterocycles. The predicted molar refractivity (Wildman–Crippen MR) is 73.8 cm³/mol. The molecule has 0 radical (unpaired) electrons. The first-order valence-electron chi connectivity index (χ1n) is 6.79. The molecule has 0 amide bonds. The fraction of sp³-hybridized carbons (Fsp3) is 0.533. The van der Waals surface area contributed by atoms with Gasteiger partial charge in [-0.2, -0.15) is 0 Å². The van der Waals surface area contributed by atoms with Crippen molar-refractivity contribution in [1.82, 2.24) is 4.90 Å². The van der Waals surface area contributed by atoms with E-state index >= 15 is 0 Å². The number of aliphatic hydroxyl groups is 1. The Labute approximate surface area is 114 Å². The number of carbonyl (C=O) groups is 1. The summed E-state index contributed by atoms with van der Waals surface area (Å²) in [5, 5.41) is 8.78. The number of hydrogen-bond donors (Lipinski definition) is 1. The van der Waals surface area contributed by atoms with Gasteiger partial charge in [0.2, 0.25) is 0 Å². The molecule has 0 aliphatic heterocycles. The van der Waals surface area contributed by atoms with Gasteiger partial charge in [-0.3, -0.25) is 4.79 Å². The van der Waals surface area contributed by atoms with Gasteiger partial charge in [-0.1, -0.05) is 6.92 Å². The molecule has 0 fully saturated rings. The summed E-state index contributed by atoms with van der Waals surface area (Å²) in [5.74, 6) is -0.268. The first kappa shape index (κ1) is 15.8. The van der Waals surface area contributed by atoms with Gasteiger partial charge in [0.1, 0.15) is 5.82 Å². The van der Waals surface area contributed by atoms with Crippen molar-refractivity contribution >= 4 is 5.78 Å². The first-order chi connectivity index (χ1) is 9.17. The van der Waals surface area contributed by atoms with E-state index in [9.17, 15) is 9.18 Å². The third-order valence-corrected chi connectivity index (χ3v) is 3.12. The molecule has 1 aromatic rings. The van der Waals surface area contributed by atoms with Gasteiger partial charge in [-0.25, -0.2) is 4.39 Å². The smallest absolute Gasteiger partial charge is 0.162 e. The topological polar surface area (TPSA) is 40.5 Å². The SMILES string of the molecule is CCN(CCCO)CCCC(=O)c1ccc(F)cc1. The Kier molecular flexibility index (Phi) is 7.30. The van der Waals surface area contributed by atoms with Crippen molar-refractivity contribution in [1.29, 1.82) is 0 Å². The number of rotatable bonds is 9. The van der Waals surface area contributed by atoms with Gasteiger partial charge in [0.15, 0.2) is 5.78 Å². The van der Waals surface area contributed by atoms with Crippen LogP contribution >= 0.6 is 0 Å². The number of nitrogens with zero attached hydrogens (tertiary/aromatic N) is 1. The van der Waals surface area contributed by atoms with Crippen molar-refractivity contribution in [2.24, 2.45) is 0 Å². The molecule has 1 rings (SSSR count). The minimum Gasteiger partial charge on any atom is -0.396 e. The van der Waals surface area contributed by atoms with Crippen molar-refractivity contribution < 1.29 is 14.3 Å². The Morgan fingerprint density at radius 3 is 2.42 bits per heavy atom. The summed E-state index contributed by atoms with van der Waals surface area (Å²) in [7, 11) is 0. The van der Waals surface area contributed by atoms with Crippen LogP contribution in [0.15, 0.2) is 24.3 Å². The third-order valence-electron chi connectivity index (χ3n) is 3.12. The Morgan fingerprint density at radius 2 is 1.84 bits per heavy atom. The number of carbonyl (C=O) groups excluding carboxylic acids is 1. The van der Waals surface area contributed by atoms with E-state index in [2.05, 4.69) is 11.8 Å². The quantitative estimate of drug-likeness (QED) is 0.699. The Morgan fingerprint density at radius 1 is 1.21 bits per heavy atom. The molecule has 0 saturated heterocycles. The van der Waals surface area contributed by atoms with Crippen LogP contribution in [-0.4, -0.2) is 42.0 Å². The van der Waals surface area contributed by atoms with Crippen LogP contribution in [0.3, 0.4) is 0 Å². The molecule has 1 N–H and O–H groups in total. The highest BCUT2D eigenvalue weighted by molar-refractivity contribution is 5.95. The molecule has 106 valence electrons. The van der Waals surface area contributed by atoms with Crippen molar-refractivity contribution in [2.75, 3.05) is 26.2 Å². The van der Waals surface area contributed by atoms with Crippen molar-refractivity contribution in [2.45, 2.75) is 26.2 Å². The predicted octanol–water partition coefficient (Wildman–Crippen LogP) is 2.49. The minimum absolute atomic E-state index is 0.0539. The van der Waals surface area contributed by atoms with Gasteiger partial charge in [-0.15, -0.1) is 0 Å². The number of hydrogen-bond acceptors (Lipinski definition) is 3. The Hall–Kier alpha value is -1.26. The molecule has 3 nitrogen and oxygen atoms in total. The van der Waals surface area contributed by atoms with Gasteiger partial charge >= 0.3 is 0 Å². The third kappa shape index (κ3) is 5.94. The maximum absolute atomic E-state index is 12.7. The highest BCUT2D eigenvalue weighted by Gasteiger charge is 2.07. The monoisotopic (exact) mass is 267 g/mol. The summed E-state index contributed by atoms with van der Waals surface area (Å²) < 4.78 is 12.7. The van der Waals surface area contributed by atoms with Gasteiger partial charge in [0.25, 0.3) is 0 Å². The lowest BCUT2D eigenvalue weighted by Crippen LogP contribution is -2.26. The maximum atomic E-state index is 12.7. The van der Waals surface area contributed by atoms with Gasteiger partial charge < -0.3 is 10.0 Å². The van der Waals surface area contributed by atoms with Crippen LogP contribution in [-0.2, 0) is 0 Å². The summed E-state index contributed by atoms with van der Waals surface area (Å²) in [6.45, 7) is 4.90. The summed E-state index contributed by atoms with van der Waals surface area (Å²) in [6, 6.07) is 5.68. The molecule has 4 heteroatoms. The van der Waals surface area contributed by atoms with Crippen LogP contribution in [0.5, 0.6) is 0 Å². The zero-order chi connectivity index (χ0) is 14.1. The van der Waals surface area contributed by atoms with Crippen molar-refractivity contribution in [3.8, 4) is 0 Å². The average Bonchev–Trinajstić information content (AvgIpc) is 2.43. The fourth-order valence-corrected chi connectivity index (χ4v) is 1.97. The van der Waals surface area contributed by atoms with Crippen molar-refractivity contribution in [3.63, 3.8) is 0 Å². The molecule has 0 bridgehead atoms. The number of Topliss-reactive ketones (excluding diaryl/α,β-unsaturated/α-hetero) is 1. The molecule has 0 aromatic heterocycles. The average molecular weight is 267 g/mol. The Bertz CT molecular complexity index is 378. The molecule has 0 saturated carbocycles. The summed E-state index contributed by atoms with van der Waals surface area (Å²) in [5.41, 5.74) is 0.569. The summed E-state index contributed by atoms with van der Waals surface area (Å²) in [6.07, 6.45) is 2.02. The first-order valence-corrected chi connectivity index (χ1v) is 6.79. The van der Waals surface area contributed by atoms with E-state index < -0.39 is 0 Å². The molecule has 19 heavy (non-hydrogen) atoms. The zero-order valence-corrected chi connectivity index (χ0v) is 11.4. The highest BCUT2D eigenvalue weighted by atomic mass is 19.1. The molecule has 0 atom stereocenters. The molecular weight excluding hydrogens is 245 g/mol. The lowest BCUT2D eigenvalue weighted by atomic mass is 10.1. The fourth-order valence-electron chi connectivity index (χ4n) is 1.97. The van der Waals surface area contributed by atoms with E-state index in [4.69, 9.17) is 5.11 Å². The molecule has 1 aromatic carbocycles. The minimum atomic E-state index is -0.322. The number of aliphatic hydroxyl groups excluding tert-OH is 1. The molecule has 0 aliphatic carbocycles. The normalized spacial score (nSPS) is 10.9. The second kappa shape index (κ2) is 8.77. The number of ketones is 1. The second-order valence-electron chi connectivity index (χ2n) is 4.55. The molecule has 0 spiro atoms. The lowest BCUT2D eigenvalue weighted by Gasteiger charge is -2.19. The summed E-state index contributed by atoms with van der Waals surface area (Å²) >= 11 is 0. The lowest BCUT2D eigenvalue weighted by molar-refractivity contribution is 0.0974. The van der Waals surface area contributed by atoms with Crippen molar-refractivity contribution in [3.05, 3.63) is 35.6 Å². The molecule has 0 aliphatic rings. The van der Waals surface area contributed by atoms with E-state index in [0.29, 0.717) is 12.0 Å². The molecule has 0 unspecified atom stereocenters. The van der Waals surface area contributed by atoms with Crippen LogP contribution in [0, 0.1) is 5.82 Å². The van der Waals surface area contributed by atoms with Gasteiger partial charge in [0.05, 0.1) is 0 Å². The van der Waals surface area contributed by atoms with E-state index in [1.54, 1.807) is 0 Å². The second-order valence-corrected chi connectivity index (χ2v) is 4.55. The van der Waals surface area contributed by atoms with E-state index in [1.165, 1.54) is 24.3 Å². The number of benzene rings is 1. The highest BCUT2D eigenvalue weighted by Crippen LogP contribution is 2.08. The van der Waals surface area contributed by atoms with Crippen LogP contribution in [0.1, 0.15) is 36.5 Å². The van der Waals surface area contributed by atoms with E-state index in [1.807, 2.05) is 0 Å². The standard InChI is InChI=1S/C15H22FNO2/c1-2-17(11-4-12-18)10-3-5-15(19)13-6-8-14(16)9-7-13/h6-9,18H,2-5,10-12H2,1H3. The van der Waals surface area contributed by atoms with Gasteiger partial charge in [0, 0.05) is 25.1 Å². The zero-order valence-electron chi connectivity index (χ0n) is 11.4. The number of halogens is 1.